The number of carbonyl (C=O) groups is 1. The quantitative estimate of drug-likeness (QED) is 0.873. The molecule has 0 aliphatic carbocycles. The van der Waals surface area contributed by atoms with Crippen LogP contribution in [-0.2, 0) is 0 Å². The number of para-hydroxylation sites is 1. The summed E-state index contributed by atoms with van der Waals surface area (Å²) in [4.78, 5) is 11.9. The van der Waals surface area contributed by atoms with Crippen LogP contribution in [0.5, 0.6) is 5.75 Å². The number of aryl methyl sites for hydroxylation is 1. The fraction of sp³-hybridized carbons (Fsp3) is 0.0714. The maximum absolute atomic E-state index is 13.0. The van der Waals surface area contributed by atoms with Gasteiger partial charge < -0.3 is 10.4 Å². The summed E-state index contributed by atoms with van der Waals surface area (Å²) < 4.78 is 26.0. The molecule has 19 heavy (non-hydrogen) atoms. The number of hydrogen-bond acceptors (Lipinski definition) is 2. The van der Waals surface area contributed by atoms with E-state index in [-0.39, 0.29) is 17.0 Å². The van der Waals surface area contributed by atoms with E-state index in [1.807, 2.05) is 0 Å². The predicted octanol–water partition coefficient (Wildman–Crippen LogP) is 3.23. The van der Waals surface area contributed by atoms with E-state index >= 15 is 0 Å². The van der Waals surface area contributed by atoms with Crippen molar-refractivity contribution in [3.05, 3.63) is 59.2 Å². The number of aromatic hydroxyl groups is 1. The van der Waals surface area contributed by atoms with E-state index in [0.717, 1.165) is 12.1 Å². The molecular weight excluding hydrogens is 252 g/mol. The van der Waals surface area contributed by atoms with Gasteiger partial charge in [0.25, 0.3) is 5.91 Å². The molecule has 2 N–H and O–H groups in total. The zero-order valence-corrected chi connectivity index (χ0v) is 10.1. The number of amides is 1. The Morgan fingerprint density at radius 3 is 2.42 bits per heavy atom. The van der Waals surface area contributed by atoms with Gasteiger partial charge in [0.15, 0.2) is 0 Å². The van der Waals surface area contributed by atoms with Gasteiger partial charge in [0.05, 0.1) is 5.56 Å². The lowest BCUT2D eigenvalue weighted by atomic mass is 10.1. The Kier molecular flexibility index (Phi) is 3.46. The zero-order chi connectivity index (χ0) is 14.0. The molecule has 0 heterocycles. The van der Waals surface area contributed by atoms with Gasteiger partial charge in [-0.1, -0.05) is 12.1 Å². The van der Waals surface area contributed by atoms with Crippen LogP contribution >= 0.6 is 0 Å². The second kappa shape index (κ2) is 5.06. The first-order valence-corrected chi connectivity index (χ1v) is 5.53. The van der Waals surface area contributed by atoms with Crippen LogP contribution < -0.4 is 5.32 Å². The third kappa shape index (κ3) is 2.88. The van der Waals surface area contributed by atoms with Crippen molar-refractivity contribution in [2.75, 3.05) is 5.32 Å². The standard InChI is InChI=1S/C14H11F2NO2/c1-8-3-2-4-12(13(8)18)14(19)17-11-6-9(15)5-10(16)7-11/h2-7,18H,1H3,(H,17,19). The highest BCUT2D eigenvalue weighted by atomic mass is 19.1. The number of halogens is 2. The average Bonchev–Trinajstić information content (AvgIpc) is 2.31. The number of rotatable bonds is 2. The maximum atomic E-state index is 13.0. The Balaban J connectivity index is 2.28. The van der Waals surface area contributed by atoms with Gasteiger partial charge in [0, 0.05) is 11.8 Å². The Labute approximate surface area is 108 Å². The first-order chi connectivity index (χ1) is 8.97. The molecule has 0 unspecified atom stereocenters. The van der Waals surface area contributed by atoms with Crippen molar-refractivity contribution in [3.8, 4) is 5.75 Å². The van der Waals surface area contributed by atoms with Crippen LogP contribution in [-0.4, -0.2) is 11.0 Å². The lowest BCUT2D eigenvalue weighted by Gasteiger charge is -2.08. The van der Waals surface area contributed by atoms with Crippen LogP contribution in [0.2, 0.25) is 0 Å². The smallest absolute Gasteiger partial charge is 0.259 e. The van der Waals surface area contributed by atoms with Crippen molar-refractivity contribution < 1.29 is 18.7 Å². The van der Waals surface area contributed by atoms with Gasteiger partial charge in [-0.25, -0.2) is 8.78 Å². The highest BCUT2D eigenvalue weighted by Crippen LogP contribution is 2.23. The molecular formula is C14H11F2NO2. The van der Waals surface area contributed by atoms with Crippen LogP contribution in [0.3, 0.4) is 0 Å². The van der Waals surface area contributed by atoms with Crippen molar-refractivity contribution in [1.29, 1.82) is 0 Å². The van der Waals surface area contributed by atoms with Gasteiger partial charge in [-0.05, 0) is 30.7 Å². The number of phenolic OH excluding ortho intramolecular Hbond substituents is 1. The molecule has 0 aliphatic rings. The zero-order valence-electron chi connectivity index (χ0n) is 10.1. The van der Waals surface area contributed by atoms with Gasteiger partial charge in [0.2, 0.25) is 0 Å². The molecule has 1 amide bonds. The highest BCUT2D eigenvalue weighted by Gasteiger charge is 2.13. The Bertz CT molecular complexity index is 621. The Morgan fingerprint density at radius 2 is 1.79 bits per heavy atom. The van der Waals surface area contributed by atoms with Gasteiger partial charge >= 0.3 is 0 Å². The van der Waals surface area contributed by atoms with Crippen molar-refractivity contribution in [1.82, 2.24) is 0 Å². The number of nitrogens with one attached hydrogen (secondary N) is 1. The number of benzene rings is 2. The third-order valence-electron chi connectivity index (χ3n) is 2.60. The van der Waals surface area contributed by atoms with Gasteiger partial charge in [0.1, 0.15) is 17.4 Å². The Morgan fingerprint density at radius 1 is 1.16 bits per heavy atom. The molecule has 0 aliphatic heterocycles. The third-order valence-corrected chi connectivity index (χ3v) is 2.60. The molecule has 0 fully saturated rings. The molecule has 0 atom stereocenters. The molecule has 0 saturated heterocycles. The van der Waals surface area contributed by atoms with E-state index < -0.39 is 17.5 Å². The van der Waals surface area contributed by atoms with Crippen LogP contribution in [0, 0.1) is 18.6 Å². The highest BCUT2D eigenvalue weighted by molar-refractivity contribution is 6.06. The summed E-state index contributed by atoms with van der Waals surface area (Å²) in [5, 5.41) is 12.1. The van der Waals surface area contributed by atoms with Gasteiger partial charge in [-0.3, -0.25) is 4.79 Å². The minimum atomic E-state index is -0.788. The summed E-state index contributed by atoms with van der Waals surface area (Å²) >= 11 is 0. The largest absolute Gasteiger partial charge is 0.507 e. The van der Waals surface area contributed by atoms with Crippen molar-refractivity contribution in [3.63, 3.8) is 0 Å². The fourth-order valence-electron chi connectivity index (χ4n) is 1.67. The van der Waals surface area contributed by atoms with Crippen molar-refractivity contribution in [2.24, 2.45) is 0 Å². The van der Waals surface area contributed by atoms with Crippen LogP contribution in [0.15, 0.2) is 36.4 Å². The van der Waals surface area contributed by atoms with Gasteiger partial charge in [-0.2, -0.15) is 0 Å². The fourth-order valence-corrected chi connectivity index (χ4v) is 1.67. The first kappa shape index (κ1) is 13.0. The summed E-state index contributed by atoms with van der Waals surface area (Å²) in [6.45, 7) is 1.65. The van der Waals surface area contributed by atoms with E-state index in [0.29, 0.717) is 11.6 Å². The average molecular weight is 263 g/mol. The first-order valence-electron chi connectivity index (χ1n) is 5.53. The summed E-state index contributed by atoms with van der Waals surface area (Å²) in [5.74, 6) is -2.37. The SMILES string of the molecule is Cc1cccc(C(=O)Nc2cc(F)cc(F)c2)c1O. The lowest BCUT2D eigenvalue weighted by Crippen LogP contribution is -2.12. The molecule has 98 valence electrons. The van der Waals surface area contributed by atoms with Crippen LogP contribution in [0.25, 0.3) is 0 Å². The number of hydrogen-bond donors (Lipinski definition) is 2. The van der Waals surface area contributed by atoms with Crippen molar-refractivity contribution >= 4 is 11.6 Å². The molecule has 0 aromatic heterocycles. The summed E-state index contributed by atoms with van der Waals surface area (Å²) in [6.07, 6.45) is 0. The van der Waals surface area contributed by atoms with Gasteiger partial charge in [-0.15, -0.1) is 0 Å². The molecule has 2 aromatic rings. The molecule has 2 rings (SSSR count). The molecule has 0 saturated carbocycles. The number of anilines is 1. The molecule has 5 heteroatoms. The summed E-state index contributed by atoms with van der Waals surface area (Å²) in [7, 11) is 0. The Hall–Kier alpha value is -2.43. The van der Waals surface area contributed by atoms with Crippen LogP contribution in [0.1, 0.15) is 15.9 Å². The topological polar surface area (TPSA) is 49.3 Å². The number of carbonyl (C=O) groups excluding carboxylic acids is 1. The van der Waals surface area contributed by atoms with Crippen LogP contribution in [0.4, 0.5) is 14.5 Å². The van der Waals surface area contributed by atoms with Crippen molar-refractivity contribution in [2.45, 2.75) is 6.92 Å². The van der Waals surface area contributed by atoms with E-state index in [1.54, 1.807) is 19.1 Å². The molecule has 0 radical (unpaired) electrons. The monoisotopic (exact) mass is 263 g/mol. The molecule has 0 bridgehead atoms. The molecule has 0 spiro atoms. The molecule has 3 nitrogen and oxygen atoms in total. The van der Waals surface area contributed by atoms with E-state index in [9.17, 15) is 18.7 Å². The van der Waals surface area contributed by atoms with E-state index in [4.69, 9.17) is 0 Å². The minimum absolute atomic E-state index is 0.0107. The summed E-state index contributed by atoms with van der Waals surface area (Å²) in [6, 6.07) is 7.37. The predicted molar refractivity (Wildman–Crippen MR) is 67.2 cm³/mol. The lowest BCUT2D eigenvalue weighted by molar-refractivity contribution is 0.102. The second-order valence-electron chi connectivity index (χ2n) is 4.08. The summed E-state index contributed by atoms with van der Waals surface area (Å²) in [5.41, 5.74) is 0.575. The number of phenols is 1. The minimum Gasteiger partial charge on any atom is -0.507 e. The molecule has 2 aromatic carbocycles. The maximum Gasteiger partial charge on any atom is 0.259 e. The van der Waals surface area contributed by atoms with E-state index in [2.05, 4.69) is 5.32 Å². The second-order valence-corrected chi connectivity index (χ2v) is 4.08. The van der Waals surface area contributed by atoms with E-state index in [1.165, 1.54) is 6.07 Å². The normalized spacial score (nSPS) is 10.3.